The third-order valence-corrected chi connectivity index (χ3v) is 0.733. The van der Waals surface area contributed by atoms with Crippen LogP contribution >= 0.6 is 0 Å². The molecule has 0 aliphatic rings. The van der Waals surface area contributed by atoms with Crippen LogP contribution in [0.4, 0.5) is 4.79 Å². The third kappa shape index (κ3) is 25.3. The largest absolute Gasteiger partial charge is 0.462 e. The van der Waals surface area contributed by atoms with E-state index in [0.717, 1.165) is 6.08 Å². The lowest BCUT2D eigenvalue weighted by molar-refractivity contribution is -0.137. The second-order valence-corrected chi connectivity index (χ2v) is 1.85. The minimum atomic E-state index is -0.833. The Balaban J connectivity index is 0. The van der Waals surface area contributed by atoms with Crippen LogP contribution in [0.25, 0.3) is 0 Å². The van der Waals surface area contributed by atoms with Gasteiger partial charge < -0.3 is 16.2 Å². The molecular weight excluding hydrogens is 172 g/mol. The number of carbonyl (C=O) groups excluding carboxylic acids is 2. The molecule has 4 N–H and O–H groups in total. The van der Waals surface area contributed by atoms with Crippen molar-refractivity contribution < 1.29 is 14.3 Å². The zero-order valence-corrected chi connectivity index (χ0v) is 7.36. The summed E-state index contributed by atoms with van der Waals surface area (Å²) in [5.41, 5.74) is 8.50. The van der Waals surface area contributed by atoms with Crippen molar-refractivity contribution in [2.75, 3.05) is 6.61 Å². The van der Waals surface area contributed by atoms with Gasteiger partial charge in [-0.3, -0.25) is 0 Å². The topological polar surface area (TPSA) is 95.4 Å². The van der Waals surface area contributed by atoms with Crippen molar-refractivity contribution in [2.24, 2.45) is 11.5 Å². The van der Waals surface area contributed by atoms with Gasteiger partial charge in [0.05, 0.1) is 6.61 Å². The van der Waals surface area contributed by atoms with E-state index >= 15 is 0 Å². The van der Waals surface area contributed by atoms with Crippen LogP contribution in [0.5, 0.6) is 0 Å². The first kappa shape index (κ1) is 13.8. The second-order valence-electron chi connectivity index (χ2n) is 1.85. The maximum atomic E-state index is 10.3. The van der Waals surface area contributed by atoms with E-state index in [4.69, 9.17) is 4.79 Å². The summed E-state index contributed by atoms with van der Waals surface area (Å²) in [7, 11) is 0. The van der Waals surface area contributed by atoms with Crippen LogP contribution in [0, 0.1) is 0 Å². The van der Waals surface area contributed by atoms with Gasteiger partial charge in [0.25, 0.3) is 0 Å². The van der Waals surface area contributed by atoms with Gasteiger partial charge in [-0.2, -0.15) is 0 Å². The minimum Gasteiger partial charge on any atom is -0.462 e. The van der Waals surface area contributed by atoms with Crippen LogP contribution in [-0.4, -0.2) is 18.6 Å². The molecule has 0 aromatic heterocycles. The molecule has 2 amide bonds. The molecule has 5 nitrogen and oxygen atoms in total. The van der Waals surface area contributed by atoms with E-state index < -0.39 is 6.03 Å². The molecule has 0 saturated heterocycles. The van der Waals surface area contributed by atoms with Gasteiger partial charge in [-0.05, 0) is 6.42 Å². The lowest BCUT2D eigenvalue weighted by atomic mass is 10.4. The predicted molar refractivity (Wildman–Crippen MR) is 49.7 cm³/mol. The maximum Gasteiger partial charge on any atom is 0.330 e. The maximum absolute atomic E-state index is 10.3. The van der Waals surface area contributed by atoms with Crippen LogP contribution in [0.1, 0.15) is 6.42 Å². The molecule has 5 heteroatoms. The van der Waals surface area contributed by atoms with E-state index in [0.29, 0.717) is 13.0 Å². The highest BCUT2D eigenvalue weighted by molar-refractivity contribution is 5.81. The third-order valence-electron chi connectivity index (χ3n) is 0.733. The summed E-state index contributed by atoms with van der Waals surface area (Å²) < 4.78 is 4.60. The summed E-state index contributed by atoms with van der Waals surface area (Å²) in [5.74, 6) is -0.378. The molecule has 74 valence electrons. The van der Waals surface area contributed by atoms with Gasteiger partial charge in [0, 0.05) is 6.08 Å². The Labute approximate surface area is 77.0 Å². The lowest BCUT2D eigenvalue weighted by Gasteiger charge is -1.95. The molecule has 0 aliphatic heterocycles. The van der Waals surface area contributed by atoms with E-state index in [-0.39, 0.29) is 5.97 Å². The number of hydrogen-bond acceptors (Lipinski definition) is 3. The zero-order valence-electron chi connectivity index (χ0n) is 7.36. The number of primary amides is 2. The SMILES string of the molecule is C=CCCOC(=O)C=C.NC(N)=O. The Hall–Kier alpha value is -1.78. The number of hydrogen-bond donors (Lipinski definition) is 2. The first-order valence-electron chi connectivity index (χ1n) is 3.49. The zero-order chi connectivity index (χ0) is 10.7. The number of carbonyl (C=O) groups is 2. The summed E-state index contributed by atoms with van der Waals surface area (Å²) >= 11 is 0. The normalized spacial score (nSPS) is 7.38. The van der Waals surface area contributed by atoms with Crippen molar-refractivity contribution in [3.05, 3.63) is 25.3 Å². The Morgan fingerprint density at radius 3 is 2.08 bits per heavy atom. The van der Waals surface area contributed by atoms with Gasteiger partial charge >= 0.3 is 12.0 Å². The number of ether oxygens (including phenoxy) is 1. The summed E-state index contributed by atoms with van der Waals surface area (Å²) in [5, 5.41) is 0. The van der Waals surface area contributed by atoms with Gasteiger partial charge in [-0.1, -0.05) is 12.7 Å². The molecule has 0 atom stereocenters. The van der Waals surface area contributed by atoms with Crippen LogP contribution in [0.3, 0.4) is 0 Å². The van der Waals surface area contributed by atoms with Crippen LogP contribution in [0.2, 0.25) is 0 Å². The molecule has 0 fully saturated rings. The summed E-state index contributed by atoms with van der Waals surface area (Å²) in [6, 6.07) is -0.833. The summed E-state index contributed by atoms with van der Waals surface area (Å²) in [4.78, 5) is 19.3. The molecule has 0 aromatic carbocycles. The summed E-state index contributed by atoms with van der Waals surface area (Å²) in [6.07, 6.45) is 3.53. The van der Waals surface area contributed by atoms with Gasteiger partial charge in [0.2, 0.25) is 0 Å². The molecule has 0 rings (SSSR count). The monoisotopic (exact) mass is 186 g/mol. The highest BCUT2D eigenvalue weighted by Crippen LogP contribution is 1.83. The summed E-state index contributed by atoms with van der Waals surface area (Å²) in [6.45, 7) is 7.10. The highest BCUT2D eigenvalue weighted by Gasteiger charge is 1.90. The van der Waals surface area contributed by atoms with E-state index in [1.807, 2.05) is 0 Å². The molecule has 13 heavy (non-hydrogen) atoms. The number of nitrogens with two attached hydrogens (primary N) is 2. The van der Waals surface area contributed by atoms with E-state index in [1.165, 1.54) is 0 Å². The number of rotatable bonds is 4. The molecule has 0 saturated carbocycles. The highest BCUT2D eigenvalue weighted by atomic mass is 16.5. The fourth-order valence-corrected chi connectivity index (χ4v) is 0.302. The van der Waals surface area contributed by atoms with Crippen LogP contribution < -0.4 is 11.5 Å². The van der Waals surface area contributed by atoms with Gasteiger partial charge in [-0.25, -0.2) is 9.59 Å². The number of urea groups is 1. The van der Waals surface area contributed by atoms with Crippen LogP contribution in [-0.2, 0) is 9.53 Å². The standard InChI is InChI=1S/C7H10O2.CH4N2O/c1-3-5-6-9-7(8)4-2;2-1(3)4/h3-4H,1-2,5-6H2;(H4,2,3,4). The molecular formula is C8H14N2O3. The van der Waals surface area contributed by atoms with Crippen molar-refractivity contribution in [2.45, 2.75) is 6.42 Å². The van der Waals surface area contributed by atoms with Crippen molar-refractivity contribution in [3.8, 4) is 0 Å². The van der Waals surface area contributed by atoms with Crippen LogP contribution in [0.15, 0.2) is 25.3 Å². The number of amides is 2. The molecule has 0 unspecified atom stereocenters. The predicted octanol–water partition coefficient (Wildman–Crippen LogP) is 0.316. The second kappa shape index (κ2) is 10.2. The van der Waals surface area contributed by atoms with Gasteiger partial charge in [0.1, 0.15) is 0 Å². The van der Waals surface area contributed by atoms with Gasteiger partial charge in [0.15, 0.2) is 0 Å². The minimum absolute atomic E-state index is 0.378. The number of esters is 1. The first-order chi connectivity index (χ1) is 6.04. The molecule has 0 bridgehead atoms. The Kier molecular flexibility index (Phi) is 10.8. The van der Waals surface area contributed by atoms with E-state index in [1.54, 1.807) is 6.08 Å². The van der Waals surface area contributed by atoms with Crippen molar-refractivity contribution in [1.29, 1.82) is 0 Å². The van der Waals surface area contributed by atoms with Crippen molar-refractivity contribution >= 4 is 12.0 Å². The van der Waals surface area contributed by atoms with Crippen molar-refractivity contribution in [1.82, 2.24) is 0 Å². The van der Waals surface area contributed by atoms with E-state index in [2.05, 4.69) is 29.4 Å². The average Bonchev–Trinajstić information content (AvgIpc) is 2.03. The fraction of sp³-hybridized carbons (Fsp3) is 0.250. The van der Waals surface area contributed by atoms with Gasteiger partial charge in [-0.15, -0.1) is 6.58 Å². The Morgan fingerprint density at radius 1 is 1.31 bits per heavy atom. The molecule has 0 spiro atoms. The lowest BCUT2D eigenvalue weighted by Crippen LogP contribution is -2.18. The first-order valence-corrected chi connectivity index (χ1v) is 3.49. The molecule has 0 heterocycles. The Morgan fingerprint density at radius 2 is 1.77 bits per heavy atom. The molecule has 0 aromatic rings. The Bertz CT molecular complexity index is 186. The quantitative estimate of drug-likeness (QED) is 0.286. The van der Waals surface area contributed by atoms with Crippen molar-refractivity contribution in [3.63, 3.8) is 0 Å². The van der Waals surface area contributed by atoms with E-state index in [9.17, 15) is 4.79 Å². The average molecular weight is 186 g/mol. The smallest absolute Gasteiger partial charge is 0.330 e. The fourth-order valence-electron chi connectivity index (χ4n) is 0.302. The molecule has 0 radical (unpaired) electrons. The molecule has 0 aliphatic carbocycles.